The van der Waals surface area contributed by atoms with Gasteiger partial charge >= 0.3 is 0 Å². The molecule has 0 radical (unpaired) electrons. The Morgan fingerprint density at radius 3 is 2.46 bits per heavy atom. The van der Waals surface area contributed by atoms with Crippen molar-refractivity contribution in [1.29, 1.82) is 5.41 Å². The predicted molar refractivity (Wildman–Crippen MR) is 107 cm³/mol. The van der Waals surface area contributed by atoms with E-state index in [1.54, 1.807) is 7.05 Å². The normalized spacial score (nSPS) is 22.1. The first-order valence-corrected chi connectivity index (χ1v) is 9.60. The van der Waals surface area contributed by atoms with Gasteiger partial charge in [0.05, 0.1) is 0 Å². The van der Waals surface area contributed by atoms with Crippen molar-refractivity contribution in [2.45, 2.75) is 24.8 Å². The molecule has 6 heteroatoms. The Kier molecular flexibility index (Phi) is 4.63. The van der Waals surface area contributed by atoms with E-state index in [2.05, 4.69) is 5.32 Å². The van der Waals surface area contributed by atoms with Crippen molar-refractivity contribution in [3.8, 4) is 0 Å². The molecule has 2 aliphatic heterocycles. The summed E-state index contributed by atoms with van der Waals surface area (Å²) in [6.07, 6.45) is 2.32. The van der Waals surface area contributed by atoms with Crippen LogP contribution in [0, 0.1) is 5.41 Å². The SMILES string of the molecule is CN1C(=N)NC(c2ccccc2)(c2cccc(CCN3CCCC3=O)c2)C1=O. The monoisotopic (exact) mass is 376 g/mol. The van der Waals surface area contributed by atoms with Crippen LogP contribution in [0.2, 0.25) is 0 Å². The molecular weight excluding hydrogens is 352 g/mol. The number of likely N-dealkylation sites (tertiary alicyclic amines) is 1. The molecule has 2 saturated heterocycles. The molecule has 0 saturated carbocycles. The molecule has 0 aromatic heterocycles. The van der Waals surface area contributed by atoms with Gasteiger partial charge in [-0.05, 0) is 29.5 Å². The number of carbonyl (C=O) groups is 2. The highest BCUT2D eigenvalue weighted by Crippen LogP contribution is 2.35. The first-order chi connectivity index (χ1) is 13.5. The standard InChI is InChI=1S/C22H24N4O2/c1-25-20(28)22(24-21(25)23,17-8-3-2-4-9-17)18-10-5-7-16(15-18)12-14-26-13-6-11-19(26)27/h2-5,7-10,15H,6,11-14H2,1H3,(H2,23,24). The molecule has 2 heterocycles. The van der Waals surface area contributed by atoms with Crippen molar-refractivity contribution in [2.75, 3.05) is 20.1 Å². The molecule has 28 heavy (non-hydrogen) atoms. The lowest BCUT2D eigenvalue weighted by Gasteiger charge is -2.28. The van der Waals surface area contributed by atoms with Crippen LogP contribution in [0.15, 0.2) is 54.6 Å². The van der Waals surface area contributed by atoms with Gasteiger partial charge < -0.3 is 10.2 Å². The maximum Gasteiger partial charge on any atom is 0.264 e. The number of likely N-dealkylation sites (N-methyl/N-ethyl adjacent to an activating group) is 1. The lowest BCUT2D eigenvalue weighted by atomic mass is 9.82. The van der Waals surface area contributed by atoms with Crippen molar-refractivity contribution in [3.05, 3.63) is 71.3 Å². The number of nitrogens with one attached hydrogen (secondary N) is 2. The van der Waals surface area contributed by atoms with Crippen LogP contribution >= 0.6 is 0 Å². The van der Waals surface area contributed by atoms with E-state index in [0.29, 0.717) is 13.0 Å². The van der Waals surface area contributed by atoms with Gasteiger partial charge in [0.2, 0.25) is 5.91 Å². The second-order valence-corrected chi connectivity index (χ2v) is 7.39. The van der Waals surface area contributed by atoms with Crippen LogP contribution in [-0.4, -0.2) is 47.7 Å². The summed E-state index contributed by atoms with van der Waals surface area (Å²) in [6, 6.07) is 17.4. The summed E-state index contributed by atoms with van der Waals surface area (Å²) in [6.45, 7) is 1.52. The zero-order valence-electron chi connectivity index (χ0n) is 15.9. The minimum Gasteiger partial charge on any atom is -0.342 e. The lowest BCUT2D eigenvalue weighted by molar-refractivity contribution is -0.129. The Labute approximate surface area is 164 Å². The third-order valence-corrected chi connectivity index (χ3v) is 5.68. The smallest absolute Gasteiger partial charge is 0.264 e. The summed E-state index contributed by atoms with van der Waals surface area (Å²) < 4.78 is 0. The van der Waals surface area contributed by atoms with E-state index in [-0.39, 0.29) is 17.8 Å². The Bertz CT molecular complexity index is 927. The minimum atomic E-state index is -1.10. The summed E-state index contributed by atoms with van der Waals surface area (Å²) in [7, 11) is 1.62. The average Bonchev–Trinajstić information content (AvgIpc) is 3.24. The van der Waals surface area contributed by atoms with Gasteiger partial charge in [0.1, 0.15) is 0 Å². The number of benzene rings is 2. The summed E-state index contributed by atoms with van der Waals surface area (Å²) in [5, 5.41) is 11.3. The van der Waals surface area contributed by atoms with Gasteiger partial charge in [-0.3, -0.25) is 19.9 Å². The van der Waals surface area contributed by atoms with E-state index in [9.17, 15) is 9.59 Å². The van der Waals surface area contributed by atoms with E-state index in [0.717, 1.165) is 36.1 Å². The molecule has 0 spiro atoms. The van der Waals surface area contributed by atoms with E-state index in [4.69, 9.17) is 5.41 Å². The predicted octanol–water partition coefficient (Wildman–Crippen LogP) is 2.09. The maximum atomic E-state index is 13.2. The Morgan fingerprint density at radius 2 is 1.82 bits per heavy atom. The maximum absolute atomic E-state index is 13.2. The highest BCUT2D eigenvalue weighted by Gasteiger charge is 2.50. The molecule has 4 rings (SSSR count). The van der Waals surface area contributed by atoms with Crippen LogP contribution in [0.3, 0.4) is 0 Å². The second-order valence-electron chi connectivity index (χ2n) is 7.39. The van der Waals surface area contributed by atoms with E-state index in [1.807, 2.05) is 59.5 Å². The number of guanidine groups is 1. The van der Waals surface area contributed by atoms with Crippen molar-refractivity contribution < 1.29 is 9.59 Å². The van der Waals surface area contributed by atoms with Crippen molar-refractivity contribution in [1.82, 2.24) is 15.1 Å². The fourth-order valence-corrected chi connectivity index (χ4v) is 4.08. The quantitative estimate of drug-likeness (QED) is 0.839. The van der Waals surface area contributed by atoms with Crippen LogP contribution in [-0.2, 0) is 21.5 Å². The Morgan fingerprint density at radius 1 is 1.07 bits per heavy atom. The highest BCUT2D eigenvalue weighted by molar-refractivity contribution is 6.10. The van der Waals surface area contributed by atoms with E-state index >= 15 is 0 Å². The van der Waals surface area contributed by atoms with Crippen LogP contribution in [0.5, 0.6) is 0 Å². The Balaban J connectivity index is 1.69. The summed E-state index contributed by atoms with van der Waals surface area (Å²) in [4.78, 5) is 28.3. The van der Waals surface area contributed by atoms with Crippen LogP contribution < -0.4 is 5.32 Å². The number of carbonyl (C=O) groups excluding carboxylic acids is 2. The van der Waals surface area contributed by atoms with Crippen LogP contribution in [0.4, 0.5) is 0 Å². The van der Waals surface area contributed by atoms with Crippen LogP contribution in [0.25, 0.3) is 0 Å². The molecule has 0 bridgehead atoms. The molecule has 2 N–H and O–H groups in total. The van der Waals surface area contributed by atoms with Crippen molar-refractivity contribution in [3.63, 3.8) is 0 Å². The van der Waals surface area contributed by atoms with Gasteiger partial charge in [0.25, 0.3) is 5.91 Å². The third kappa shape index (κ3) is 2.95. The molecule has 2 aliphatic rings. The van der Waals surface area contributed by atoms with E-state index in [1.165, 1.54) is 4.90 Å². The Hall–Kier alpha value is -3.15. The fourth-order valence-electron chi connectivity index (χ4n) is 4.08. The summed E-state index contributed by atoms with van der Waals surface area (Å²) in [5.74, 6) is 0.136. The molecule has 2 amide bonds. The molecule has 1 atom stereocenters. The van der Waals surface area contributed by atoms with Gasteiger partial charge in [-0.2, -0.15) is 0 Å². The molecule has 2 fully saturated rings. The zero-order chi connectivity index (χ0) is 19.7. The first-order valence-electron chi connectivity index (χ1n) is 9.60. The number of amides is 2. The van der Waals surface area contributed by atoms with Crippen LogP contribution in [0.1, 0.15) is 29.5 Å². The zero-order valence-corrected chi connectivity index (χ0v) is 15.9. The molecule has 6 nitrogen and oxygen atoms in total. The average molecular weight is 376 g/mol. The lowest BCUT2D eigenvalue weighted by Crippen LogP contribution is -2.45. The number of nitrogens with zero attached hydrogens (tertiary/aromatic N) is 2. The number of rotatable bonds is 5. The molecule has 2 aromatic rings. The molecule has 0 aliphatic carbocycles. The highest BCUT2D eigenvalue weighted by atomic mass is 16.2. The topological polar surface area (TPSA) is 76.5 Å². The second kappa shape index (κ2) is 7.11. The largest absolute Gasteiger partial charge is 0.342 e. The third-order valence-electron chi connectivity index (χ3n) is 5.68. The van der Waals surface area contributed by atoms with Gasteiger partial charge in [-0.25, -0.2) is 0 Å². The van der Waals surface area contributed by atoms with Gasteiger partial charge in [-0.15, -0.1) is 0 Å². The van der Waals surface area contributed by atoms with E-state index < -0.39 is 5.54 Å². The molecule has 1 unspecified atom stereocenters. The molecular formula is C22H24N4O2. The van der Waals surface area contributed by atoms with Gasteiger partial charge in [-0.1, -0.05) is 54.6 Å². The number of hydrogen-bond donors (Lipinski definition) is 2. The first kappa shape index (κ1) is 18.2. The summed E-state index contributed by atoms with van der Waals surface area (Å²) >= 11 is 0. The molecule has 2 aromatic carbocycles. The van der Waals surface area contributed by atoms with Gasteiger partial charge in [0.15, 0.2) is 11.5 Å². The summed E-state index contributed by atoms with van der Waals surface area (Å²) in [5.41, 5.74) is 1.58. The van der Waals surface area contributed by atoms with Gasteiger partial charge in [0, 0.05) is 26.6 Å². The van der Waals surface area contributed by atoms with Crippen molar-refractivity contribution in [2.24, 2.45) is 0 Å². The fraction of sp³-hybridized carbons (Fsp3) is 0.318. The molecule has 144 valence electrons. The number of hydrogen-bond acceptors (Lipinski definition) is 3. The van der Waals surface area contributed by atoms with Crippen molar-refractivity contribution >= 4 is 17.8 Å². The minimum absolute atomic E-state index is 0.0851.